The maximum absolute atomic E-state index is 11.4. The molecule has 1 saturated heterocycles. The third-order valence-electron chi connectivity index (χ3n) is 3.65. The second-order valence-corrected chi connectivity index (χ2v) is 4.47. The first-order valence-electron chi connectivity index (χ1n) is 5.56. The number of hydrogen-bond donors (Lipinski definition) is 0. The van der Waals surface area contributed by atoms with E-state index < -0.39 is 0 Å². The van der Waals surface area contributed by atoms with Crippen LogP contribution < -0.4 is 0 Å². The lowest BCUT2D eigenvalue weighted by molar-refractivity contribution is -0.135. The number of nitrogens with zero attached hydrogens (tertiary/aromatic N) is 1. The van der Waals surface area contributed by atoms with E-state index in [1.165, 1.54) is 38.5 Å². The van der Waals surface area contributed by atoms with Gasteiger partial charge in [0.2, 0.25) is 5.91 Å². The van der Waals surface area contributed by atoms with E-state index in [1.54, 1.807) is 6.92 Å². The van der Waals surface area contributed by atoms with Crippen molar-refractivity contribution in [1.82, 2.24) is 4.90 Å². The van der Waals surface area contributed by atoms with Crippen molar-refractivity contribution in [3.8, 4) is 0 Å². The smallest absolute Gasteiger partial charge is 0.219 e. The number of amides is 1. The number of hydrogen-bond acceptors (Lipinski definition) is 1. The highest BCUT2D eigenvalue weighted by Crippen LogP contribution is 2.35. The predicted octanol–water partition coefficient (Wildman–Crippen LogP) is 2.19. The standard InChI is InChI=1S/C11H19NO/c1-9(13)12-8-4-6-10-5-2-3-7-11(10)12/h10-11H,2-8H2,1H3/t10?,11-/m1/s1. The van der Waals surface area contributed by atoms with Crippen LogP contribution in [0.3, 0.4) is 0 Å². The van der Waals surface area contributed by atoms with E-state index in [0.29, 0.717) is 6.04 Å². The van der Waals surface area contributed by atoms with E-state index in [-0.39, 0.29) is 5.91 Å². The van der Waals surface area contributed by atoms with Crippen LogP contribution in [0.2, 0.25) is 0 Å². The van der Waals surface area contributed by atoms with Crippen molar-refractivity contribution in [2.75, 3.05) is 6.54 Å². The maximum Gasteiger partial charge on any atom is 0.219 e. The number of fused-ring (bicyclic) bond motifs is 1. The van der Waals surface area contributed by atoms with Crippen LogP contribution >= 0.6 is 0 Å². The third kappa shape index (κ3) is 1.72. The van der Waals surface area contributed by atoms with Gasteiger partial charge < -0.3 is 4.90 Å². The Hall–Kier alpha value is -0.530. The summed E-state index contributed by atoms with van der Waals surface area (Å²) >= 11 is 0. The molecule has 74 valence electrons. The van der Waals surface area contributed by atoms with Gasteiger partial charge in [0.15, 0.2) is 0 Å². The molecule has 13 heavy (non-hydrogen) atoms. The number of likely N-dealkylation sites (tertiary alicyclic amines) is 1. The van der Waals surface area contributed by atoms with Crippen LogP contribution in [-0.4, -0.2) is 23.4 Å². The average Bonchev–Trinajstić information content (AvgIpc) is 2.17. The molecule has 0 N–H and O–H groups in total. The van der Waals surface area contributed by atoms with Gasteiger partial charge in [-0.3, -0.25) is 4.79 Å². The zero-order chi connectivity index (χ0) is 9.26. The topological polar surface area (TPSA) is 20.3 Å². The van der Waals surface area contributed by atoms with Crippen LogP contribution in [0.25, 0.3) is 0 Å². The van der Waals surface area contributed by atoms with Gasteiger partial charge in [-0.1, -0.05) is 12.8 Å². The van der Waals surface area contributed by atoms with Crippen molar-refractivity contribution in [2.45, 2.75) is 51.5 Å². The van der Waals surface area contributed by atoms with Gasteiger partial charge >= 0.3 is 0 Å². The summed E-state index contributed by atoms with van der Waals surface area (Å²) in [4.78, 5) is 13.5. The molecule has 1 unspecified atom stereocenters. The first kappa shape index (κ1) is 9.04. The highest BCUT2D eigenvalue weighted by molar-refractivity contribution is 5.73. The zero-order valence-corrected chi connectivity index (χ0v) is 8.46. The average molecular weight is 181 g/mol. The van der Waals surface area contributed by atoms with Crippen molar-refractivity contribution in [2.24, 2.45) is 5.92 Å². The van der Waals surface area contributed by atoms with Crippen LogP contribution in [0, 0.1) is 5.92 Å². The minimum absolute atomic E-state index is 0.289. The molecule has 1 aliphatic carbocycles. The van der Waals surface area contributed by atoms with E-state index >= 15 is 0 Å². The minimum Gasteiger partial charge on any atom is -0.340 e. The molecule has 2 nitrogen and oxygen atoms in total. The zero-order valence-electron chi connectivity index (χ0n) is 8.46. The second kappa shape index (κ2) is 3.69. The molecule has 2 aliphatic rings. The van der Waals surface area contributed by atoms with Crippen LogP contribution in [0.15, 0.2) is 0 Å². The van der Waals surface area contributed by atoms with E-state index in [2.05, 4.69) is 4.90 Å². The number of carbonyl (C=O) groups is 1. The lowest BCUT2D eigenvalue weighted by atomic mass is 9.78. The number of rotatable bonds is 0. The first-order chi connectivity index (χ1) is 6.29. The molecule has 1 aliphatic heterocycles. The van der Waals surface area contributed by atoms with Crippen LogP contribution in [0.1, 0.15) is 45.4 Å². The van der Waals surface area contributed by atoms with Crippen LogP contribution in [0.4, 0.5) is 0 Å². The Bertz CT molecular complexity index is 200. The Morgan fingerprint density at radius 1 is 1.15 bits per heavy atom. The SMILES string of the molecule is CC(=O)N1CCCC2CCCC[C@H]21. The maximum atomic E-state index is 11.4. The summed E-state index contributed by atoms with van der Waals surface area (Å²) < 4.78 is 0. The molecule has 1 amide bonds. The van der Waals surface area contributed by atoms with Crippen LogP contribution in [0.5, 0.6) is 0 Å². The summed E-state index contributed by atoms with van der Waals surface area (Å²) in [6, 6.07) is 0.597. The first-order valence-corrected chi connectivity index (χ1v) is 5.56. The molecular weight excluding hydrogens is 162 g/mol. The Morgan fingerprint density at radius 3 is 2.62 bits per heavy atom. The van der Waals surface area contributed by atoms with Gasteiger partial charge in [-0.2, -0.15) is 0 Å². The normalized spacial score (nSPS) is 34.1. The molecule has 1 saturated carbocycles. The van der Waals surface area contributed by atoms with Gasteiger partial charge in [0, 0.05) is 19.5 Å². The van der Waals surface area contributed by atoms with E-state index in [9.17, 15) is 4.79 Å². The number of piperidine rings is 1. The quantitative estimate of drug-likeness (QED) is 0.561. The molecule has 2 heteroatoms. The third-order valence-corrected chi connectivity index (χ3v) is 3.65. The Morgan fingerprint density at radius 2 is 1.85 bits per heavy atom. The summed E-state index contributed by atoms with van der Waals surface area (Å²) in [6.07, 6.45) is 7.89. The van der Waals surface area contributed by atoms with Gasteiger partial charge in [-0.15, -0.1) is 0 Å². The van der Waals surface area contributed by atoms with Crippen molar-refractivity contribution >= 4 is 5.91 Å². The lowest BCUT2D eigenvalue weighted by Gasteiger charge is -2.43. The summed E-state index contributed by atoms with van der Waals surface area (Å²) in [5, 5.41) is 0. The van der Waals surface area contributed by atoms with Crippen molar-refractivity contribution in [3.05, 3.63) is 0 Å². The van der Waals surface area contributed by atoms with E-state index in [4.69, 9.17) is 0 Å². The van der Waals surface area contributed by atoms with Gasteiger partial charge in [0.05, 0.1) is 0 Å². The fraction of sp³-hybridized carbons (Fsp3) is 0.909. The summed E-state index contributed by atoms with van der Waals surface area (Å²) in [6.45, 7) is 2.73. The van der Waals surface area contributed by atoms with Gasteiger partial charge in [-0.05, 0) is 31.6 Å². The van der Waals surface area contributed by atoms with E-state index in [0.717, 1.165) is 12.5 Å². The Labute approximate surface area is 80.3 Å². The monoisotopic (exact) mass is 181 g/mol. The van der Waals surface area contributed by atoms with Crippen molar-refractivity contribution in [3.63, 3.8) is 0 Å². The van der Waals surface area contributed by atoms with Gasteiger partial charge in [0.25, 0.3) is 0 Å². The van der Waals surface area contributed by atoms with Crippen molar-refractivity contribution < 1.29 is 4.79 Å². The van der Waals surface area contributed by atoms with Crippen molar-refractivity contribution in [1.29, 1.82) is 0 Å². The molecular formula is C11H19NO. The second-order valence-electron chi connectivity index (χ2n) is 4.47. The van der Waals surface area contributed by atoms with E-state index in [1.807, 2.05) is 0 Å². The molecule has 2 fully saturated rings. The summed E-state index contributed by atoms with van der Waals surface area (Å²) in [7, 11) is 0. The molecule has 0 aromatic carbocycles. The van der Waals surface area contributed by atoms with Gasteiger partial charge in [-0.25, -0.2) is 0 Å². The molecule has 0 bridgehead atoms. The Kier molecular flexibility index (Phi) is 2.56. The largest absolute Gasteiger partial charge is 0.340 e. The minimum atomic E-state index is 0.289. The molecule has 0 spiro atoms. The molecule has 2 rings (SSSR count). The highest BCUT2D eigenvalue weighted by Gasteiger charge is 2.34. The molecule has 0 aromatic rings. The molecule has 0 aromatic heterocycles. The van der Waals surface area contributed by atoms with Gasteiger partial charge in [0.1, 0.15) is 0 Å². The molecule has 1 heterocycles. The fourth-order valence-electron chi connectivity index (χ4n) is 3.02. The van der Waals surface area contributed by atoms with Crippen LogP contribution in [-0.2, 0) is 4.79 Å². The fourth-order valence-corrected chi connectivity index (χ4v) is 3.02. The summed E-state index contributed by atoms with van der Waals surface area (Å²) in [5.74, 6) is 1.11. The lowest BCUT2D eigenvalue weighted by Crippen LogP contribution is -2.48. The molecule has 0 radical (unpaired) electrons. The summed E-state index contributed by atoms with van der Waals surface area (Å²) in [5.41, 5.74) is 0. The Balaban J connectivity index is 2.06. The predicted molar refractivity (Wildman–Crippen MR) is 52.4 cm³/mol. The highest BCUT2D eigenvalue weighted by atomic mass is 16.2. The molecule has 2 atom stereocenters. The number of carbonyl (C=O) groups excluding carboxylic acids is 1.